The lowest BCUT2D eigenvalue weighted by atomic mass is 10.1. The number of nitrogens with zero attached hydrogens (tertiary/aromatic N) is 1. The average Bonchev–Trinajstić information content (AvgIpc) is 3.33. The number of rotatable bonds is 6. The van der Waals surface area contributed by atoms with Gasteiger partial charge in [0, 0.05) is 19.1 Å². The van der Waals surface area contributed by atoms with Crippen molar-refractivity contribution >= 4 is 0 Å². The SMILES string of the molecule is COc1cc(CNC[C@H]2CCN(C3CC3)C2)cc2c1OCCO2. The van der Waals surface area contributed by atoms with Crippen molar-refractivity contribution in [3.8, 4) is 17.2 Å². The number of ether oxygens (including phenoxy) is 3. The summed E-state index contributed by atoms with van der Waals surface area (Å²) in [5, 5.41) is 3.60. The normalized spacial score (nSPS) is 24.0. The fourth-order valence-corrected chi connectivity index (χ4v) is 3.65. The summed E-state index contributed by atoms with van der Waals surface area (Å²) in [4.78, 5) is 2.67. The molecule has 1 aromatic carbocycles. The van der Waals surface area contributed by atoms with E-state index in [0.717, 1.165) is 42.3 Å². The summed E-state index contributed by atoms with van der Waals surface area (Å²) in [5.41, 5.74) is 1.18. The molecule has 0 spiro atoms. The molecule has 1 atom stereocenters. The Labute approximate surface area is 137 Å². The summed E-state index contributed by atoms with van der Waals surface area (Å²) >= 11 is 0. The van der Waals surface area contributed by atoms with E-state index in [0.29, 0.717) is 13.2 Å². The van der Waals surface area contributed by atoms with Gasteiger partial charge < -0.3 is 24.4 Å². The summed E-state index contributed by atoms with van der Waals surface area (Å²) in [5.74, 6) is 3.08. The molecule has 1 aromatic rings. The summed E-state index contributed by atoms with van der Waals surface area (Å²) in [7, 11) is 1.68. The van der Waals surface area contributed by atoms with Crippen LogP contribution in [0.25, 0.3) is 0 Å². The molecule has 1 aliphatic carbocycles. The Morgan fingerprint density at radius 2 is 2.09 bits per heavy atom. The summed E-state index contributed by atoms with van der Waals surface area (Å²) in [6, 6.07) is 5.02. The van der Waals surface area contributed by atoms with Crippen molar-refractivity contribution in [1.82, 2.24) is 10.2 Å². The maximum atomic E-state index is 5.69. The van der Waals surface area contributed by atoms with Gasteiger partial charge in [-0.2, -0.15) is 0 Å². The van der Waals surface area contributed by atoms with Crippen molar-refractivity contribution in [2.24, 2.45) is 5.92 Å². The van der Waals surface area contributed by atoms with Crippen LogP contribution in [-0.2, 0) is 6.54 Å². The minimum absolute atomic E-state index is 0.583. The van der Waals surface area contributed by atoms with Crippen LogP contribution >= 0.6 is 0 Å². The van der Waals surface area contributed by atoms with Crippen LogP contribution in [0.5, 0.6) is 17.2 Å². The van der Waals surface area contributed by atoms with E-state index in [2.05, 4.69) is 16.3 Å². The van der Waals surface area contributed by atoms with Gasteiger partial charge in [0.25, 0.3) is 0 Å². The van der Waals surface area contributed by atoms with Gasteiger partial charge >= 0.3 is 0 Å². The molecule has 23 heavy (non-hydrogen) atoms. The zero-order chi connectivity index (χ0) is 15.6. The van der Waals surface area contributed by atoms with Gasteiger partial charge in [-0.15, -0.1) is 0 Å². The van der Waals surface area contributed by atoms with Gasteiger partial charge in [-0.3, -0.25) is 0 Å². The summed E-state index contributed by atoms with van der Waals surface area (Å²) in [6.07, 6.45) is 4.15. The first-order valence-corrected chi connectivity index (χ1v) is 8.75. The van der Waals surface area contributed by atoms with Crippen molar-refractivity contribution in [3.63, 3.8) is 0 Å². The number of likely N-dealkylation sites (tertiary alicyclic amines) is 1. The molecule has 1 N–H and O–H groups in total. The molecule has 0 aromatic heterocycles. The molecular formula is C18H26N2O3. The first kappa shape index (κ1) is 15.1. The maximum absolute atomic E-state index is 5.69. The van der Waals surface area contributed by atoms with Gasteiger partial charge in [0.15, 0.2) is 11.5 Å². The van der Waals surface area contributed by atoms with Crippen molar-refractivity contribution in [2.75, 3.05) is 40.0 Å². The standard InChI is InChI=1S/C18H26N2O3/c1-21-16-8-14(9-17-18(16)23-7-6-22-17)11-19-10-13-4-5-20(12-13)15-2-3-15/h8-9,13,15,19H,2-7,10-12H2,1H3/t13-/m1/s1. The van der Waals surface area contributed by atoms with Crippen molar-refractivity contribution < 1.29 is 14.2 Å². The van der Waals surface area contributed by atoms with Crippen LogP contribution in [0.3, 0.4) is 0 Å². The monoisotopic (exact) mass is 318 g/mol. The third kappa shape index (κ3) is 3.40. The first-order chi connectivity index (χ1) is 11.3. The molecule has 0 unspecified atom stereocenters. The van der Waals surface area contributed by atoms with E-state index in [1.807, 2.05) is 6.07 Å². The highest BCUT2D eigenvalue weighted by Gasteiger charge is 2.34. The molecule has 2 heterocycles. The number of benzene rings is 1. The molecule has 2 fully saturated rings. The van der Waals surface area contributed by atoms with Gasteiger partial charge in [-0.1, -0.05) is 0 Å². The Morgan fingerprint density at radius 1 is 1.22 bits per heavy atom. The predicted octanol–water partition coefficient (Wildman–Crippen LogP) is 2.04. The number of hydrogen-bond donors (Lipinski definition) is 1. The average molecular weight is 318 g/mol. The Morgan fingerprint density at radius 3 is 2.91 bits per heavy atom. The Hall–Kier alpha value is -1.46. The summed E-state index contributed by atoms with van der Waals surface area (Å²) in [6.45, 7) is 5.66. The minimum atomic E-state index is 0.583. The number of methoxy groups -OCH3 is 1. The van der Waals surface area contributed by atoms with E-state index >= 15 is 0 Å². The molecule has 5 heteroatoms. The van der Waals surface area contributed by atoms with E-state index in [1.165, 1.54) is 37.9 Å². The van der Waals surface area contributed by atoms with E-state index in [9.17, 15) is 0 Å². The van der Waals surface area contributed by atoms with Crippen LogP contribution in [0.4, 0.5) is 0 Å². The van der Waals surface area contributed by atoms with E-state index < -0.39 is 0 Å². The van der Waals surface area contributed by atoms with Gasteiger partial charge in [0.2, 0.25) is 5.75 Å². The third-order valence-corrected chi connectivity index (χ3v) is 5.03. The minimum Gasteiger partial charge on any atom is -0.493 e. The molecule has 0 radical (unpaired) electrons. The van der Waals surface area contributed by atoms with Gasteiger partial charge in [-0.05, 0) is 56.0 Å². The first-order valence-electron chi connectivity index (χ1n) is 8.75. The lowest BCUT2D eigenvalue weighted by Gasteiger charge is -2.21. The fraction of sp³-hybridized carbons (Fsp3) is 0.667. The molecule has 1 saturated heterocycles. The smallest absolute Gasteiger partial charge is 0.203 e. The topological polar surface area (TPSA) is 43.0 Å². The quantitative estimate of drug-likeness (QED) is 0.869. The number of nitrogens with one attached hydrogen (secondary N) is 1. The number of fused-ring (bicyclic) bond motifs is 1. The molecule has 1 saturated carbocycles. The van der Waals surface area contributed by atoms with Crippen LogP contribution < -0.4 is 19.5 Å². The molecular weight excluding hydrogens is 292 g/mol. The second-order valence-corrected chi connectivity index (χ2v) is 6.83. The van der Waals surface area contributed by atoms with E-state index in [1.54, 1.807) is 7.11 Å². The van der Waals surface area contributed by atoms with Gasteiger partial charge in [0.05, 0.1) is 7.11 Å². The molecule has 126 valence electrons. The molecule has 5 nitrogen and oxygen atoms in total. The van der Waals surface area contributed by atoms with Crippen LogP contribution in [0.1, 0.15) is 24.8 Å². The zero-order valence-corrected chi connectivity index (χ0v) is 13.8. The summed E-state index contributed by atoms with van der Waals surface area (Å²) < 4.78 is 16.8. The second-order valence-electron chi connectivity index (χ2n) is 6.83. The Balaban J connectivity index is 1.32. The highest BCUT2D eigenvalue weighted by Crippen LogP contribution is 2.40. The molecule has 0 bridgehead atoms. The highest BCUT2D eigenvalue weighted by atomic mass is 16.6. The van der Waals surface area contributed by atoms with Crippen LogP contribution in [0, 0.1) is 5.92 Å². The van der Waals surface area contributed by atoms with E-state index in [-0.39, 0.29) is 0 Å². The molecule has 3 aliphatic rings. The lowest BCUT2D eigenvalue weighted by Crippen LogP contribution is -2.27. The Kier molecular flexibility index (Phi) is 4.31. The Bertz CT molecular complexity index is 542. The third-order valence-electron chi connectivity index (χ3n) is 5.03. The van der Waals surface area contributed by atoms with Crippen molar-refractivity contribution in [2.45, 2.75) is 31.8 Å². The molecule has 0 amide bonds. The zero-order valence-electron chi connectivity index (χ0n) is 13.8. The van der Waals surface area contributed by atoms with Crippen LogP contribution in [-0.4, -0.2) is 50.9 Å². The second kappa shape index (κ2) is 6.57. The van der Waals surface area contributed by atoms with Gasteiger partial charge in [-0.25, -0.2) is 0 Å². The van der Waals surface area contributed by atoms with Crippen LogP contribution in [0.15, 0.2) is 12.1 Å². The van der Waals surface area contributed by atoms with Crippen molar-refractivity contribution in [3.05, 3.63) is 17.7 Å². The van der Waals surface area contributed by atoms with Crippen LogP contribution in [0.2, 0.25) is 0 Å². The lowest BCUT2D eigenvalue weighted by molar-refractivity contribution is 0.165. The largest absolute Gasteiger partial charge is 0.493 e. The predicted molar refractivity (Wildman–Crippen MR) is 88.4 cm³/mol. The maximum Gasteiger partial charge on any atom is 0.203 e. The number of hydrogen-bond acceptors (Lipinski definition) is 5. The molecule has 4 rings (SSSR count). The highest BCUT2D eigenvalue weighted by molar-refractivity contribution is 5.54. The van der Waals surface area contributed by atoms with Gasteiger partial charge in [0.1, 0.15) is 13.2 Å². The van der Waals surface area contributed by atoms with Crippen molar-refractivity contribution in [1.29, 1.82) is 0 Å². The fourth-order valence-electron chi connectivity index (χ4n) is 3.65. The molecule has 2 aliphatic heterocycles. The van der Waals surface area contributed by atoms with E-state index in [4.69, 9.17) is 14.2 Å².